The minimum atomic E-state index is 0.386. The lowest BCUT2D eigenvalue weighted by molar-refractivity contribution is 0.210. The minimum Gasteiger partial charge on any atom is -0.490 e. The number of hydrogen-bond acceptors (Lipinski definition) is 6. The molecular formula is C26H26N2O2S2. The van der Waals surface area contributed by atoms with Crippen molar-refractivity contribution in [1.82, 2.24) is 9.97 Å². The zero-order valence-corrected chi connectivity index (χ0v) is 19.6. The van der Waals surface area contributed by atoms with E-state index in [4.69, 9.17) is 19.4 Å². The van der Waals surface area contributed by atoms with Gasteiger partial charge >= 0.3 is 0 Å². The van der Waals surface area contributed by atoms with Crippen LogP contribution in [0.25, 0.3) is 30.8 Å². The molecule has 0 amide bonds. The molecule has 4 aromatic rings. The van der Waals surface area contributed by atoms with Gasteiger partial charge in [-0.1, -0.05) is 22.7 Å². The van der Waals surface area contributed by atoms with Crippen molar-refractivity contribution in [3.63, 3.8) is 0 Å². The quantitative estimate of drug-likeness (QED) is 0.294. The molecule has 164 valence electrons. The highest BCUT2D eigenvalue weighted by Crippen LogP contribution is 2.37. The lowest BCUT2D eigenvalue weighted by atomic mass is 10.2. The van der Waals surface area contributed by atoms with Crippen molar-refractivity contribution in [2.45, 2.75) is 63.6 Å². The number of hydrogen-bond donors (Lipinski definition) is 0. The Balaban J connectivity index is 1.15. The second-order valence-electron chi connectivity index (χ2n) is 8.75. The van der Waals surface area contributed by atoms with Crippen LogP contribution in [0.3, 0.4) is 0 Å². The van der Waals surface area contributed by atoms with Crippen LogP contribution in [0.4, 0.5) is 0 Å². The van der Waals surface area contributed by atoms with Crippen LogP contribution in [0.5, 0.6) is 11.5 Å². The van der Waals surface area contributed by atoms with Gasteiger partial charge in [0.15, 0.2) is 9.66 Å². The Hall–Kier alpha value is -2.44. The van der Waals surface area contributed by atoms with E-state index in [1.807, 2.05) is 0 Å². The van der Waals surface area contributed by atoms with Crippen LogP contribution in [0, 0.1) is 0 Å². The minimum absolute atomic E-state index is 0.386. The number of ether oxygens (including phenoxy) is 2. The Bertz CT molecular complexity index is 1060. The number of benzene rings is 2. The molecule has 2 aromatic carbocycles. The summed E-state index contributed by atoms with van der Waals surface area (Å²) in [4.78, 5) is 11.7. The Morgan fingerprint density at radius 2 is 0.938 bits per heavy atom. The Morgan fingerprint density at radius 3 is 1.31 bits per heavy atom. The van der Waals surface area contributed by atoms with Crippen LogP contribution < -0.4 is 9.47 Å². The molecule has 6 rings (SSSR count). The number of thiazole rings is 2. The molecule has 0 aliphatic heterocycles. The SMILES string of the molecule is c1cc(-c2nc3sc(-c4ccc(OC5CCCC5)cc4)nc3s2)ccc1OC1CCCC1. The summed E-state index contributed by atoms with van der Waals surface area (Å²) in [7, 11) is 0. The molecule has 6 heteroatoms. The zero-order valence-electron chi connectivity index (χ0n) is 18.0. The van der Waals surface area contributed by atoms with Gasteiger partial charge in [-0.15, -0.1) is 0 Å². The van der Waals surface area contributed by atoms with Crippen LogP contribution >= 0.6 is 22.7 Å². The smallest absolute Gasteiger partial charge is 0.155 e. The van der Waals surface area contributed by atoms with Crippen LogP contribution in [-0.2, 0) is 0 Å². The Labute approximate surface area is 196 Å². The maximum absolute atomic E-state index is 6.08. The predicted molar refractivity (Wildman–Crippen MR) is 132 cm³/mol. The fourth-order valence-electron chi connectivity index (χ4n) is 4.64. The molecule has 0 saturated heterocycles. The first-order valence-corrected chi connectivity index (χ1v) is 13.2. The van der Waals surface area contributed by atoms with Gasteiger partial charge in [-0.25, -0.2) is 9.97 Å². The van der Waals surface area contributed by atoms with Crippen molar-refractivity contribution in [1.29, 1.82) is 0 Å². The van der Waals surface area contributed by atoms with Gasteiger partial charge in [-0.3, -0.25) is 0 Å². The van der Waals surface area contributed by atoms with Gasteiger partial charge < -0.3 is 9.47 Å². The highest BCUT2D eigenvalue weighted by Gasteiger charge is 2.18. The standard InChI is InChI=1S/C26H26N2O2S2/c1-2-6-19(5-1)29-21-13-9-17(10-14-21)23-27-25-26(31-23)28-24(32-25)18-11-15-22(16-12-18)30-20-7-3-4-8-20/h9-16,19-20H,1-8H2. The lowest BCUT2D eigenvalue weighted by Crippen LogP contribution is -2.10. The van der Waals surface area contributed by atoms with E-state index in [2.05, 4.69) is 48.5 Å². The maximum Gasteiger partial charge on any atom is 0.155 e. The van der Waals surface area contributed by atoms with Crippen molar-refractivity contribution in [2.24, 2.45) is 0 Å². The second kappa shape index (κ2) is 8.83. The molecule has 32 heavy (non-hydrogen) atoms. The number of nitrogens with zero attached hydrogens (tertiary/aromatic N) is 2. The molecule has 0 radical (unpaired) electrons. The molecule has 0 spiro atoms. The van der Waals surface area contributed by atoms with E-state index >= 15 is 0 Å². The van der Waals surface area contributed by atoms with E-state index in [-0.39, 0.29) is 0 Å². The van der Waals surface area contributed by atoms with Gasteiger partial charge in [-0.2, -0.15) is 0 Å². The van der Waals surface area contributed by atoms with Gasteiger partial charge in [0.2, 0.25) is 0 Å². The first-order valence-electron chi connectivity index (χ1n) is 11.6. The van der Waals surface area contributed by atoms with E-state index < -0.39 is 0 Å². The van der Waals surface area contributed by atoms with Crippen molar-refractivity contribution >= 4 is 32.3 Å². The van der Waals surface area contributed by atoms with Crippen molar-refractivity contribution < 1.29 is 9.47 Å². The van der Waals surface area contributed by atoms with E-state index in [1.165, 1.54) is 51.4 Å². The van der Waals surface area contributed by atoms with Gasteiger partial charge in [0.25, 0.3) is 0 Å². The molecule has 0 N–H and O–H groups in total. The van der Waals surface area contributed by atoms with Crippen molar-refractivity contribution in [3.05, 3.63) is 48.5 Å². The normalized spacial score (nSPS) is 17.4. The summed E-state index contributed by atoms with van der Waals surface area (Å²) < 4.78 is 12.2. The molecule has 2 aromatic heterocycles. The van der Waals surface area contributed by atoms with Crippen LogP contribution in [0.15, 0.2) is 48.5 Å². The molecule has 0 bridgehead atoms. The van der Waals surface area contributed by atoms with Crippen molar-refractivity contribution in [3.8, 4) is 32.6 Å². The molecule has 0 atom stereocenters. The number of rotatable bonds is 6. The fourth-order valence-corrected chi connectivity index (χ4v) is 6.69. The molecule has 0 unspecified atom stereocenters. The first-order chi connectivity index (χ1) is 15.8. The van der Waals surface area contributed by atoms with Gasteiger partial charge in [0, 0.05) is 11.1 Å². The monoisotopic (exact) mass is 462 g/mol. The Morgan fingerprint density at radius 1 is 0.562 bits per heavy atom. The van der Waals surface area contributed by atoms with Gasteiger partial charge in [0.1, 0.15) is 21.5 Å². The van der Waals surface area contributed by atoms with E-state index in [1.54, 1.807) is 22.7 Å². The average Bonchev–Trinajstić information content (AvgIpc) is 3.60. The van der Waals surface area contributed by atoms with Crippen LogP contribution in [0.1, 0.15) is 51.4 Å². The van der Waals surface area contributed by atoms with E-state index in [0.29, 0.717) is 12.2 Å². The summed E-state index contributed by atoms with van der Waals surface area (Å²) in [6, 6.07) is 16.7. The molecule has 2 fully saturated rings. The van der Waals surface area contributed by atoms with E-state index in [9.17, 15) is 0 Å². The van der Waals surface area contributed by atoms with Crippen molar-refractivity contribution in [2.75, 3.05) is 0 Å². The average molecular weight is 463 g/mol. The fraction of sp³-hybridized carbons (Fsp3) is 0.385. The summed E-state index contributed by atoms with van der Waals surface area (Å²) in [6.45, 7) is 0. The summed E-state index contributed by atoms with van der Waals surface area (Å²) in [5, 5.41) is 2.02. The van der Waals surface area contributed by atoms with Gasteiger partial charge in [0.05, 0.1) is 12.2 Å². The summed E-state index contributed by atoms with van der Waals surface area (Å²) in [5.41, 5.74) is 2.24. The number of fused-ring (bicyclic) bond motifs is 1. The zero-order chi connectivity index (χ0) is 21.3. The largest absolute Gasteiger partial charge is 0.490 e. The molecule has 2 aliphatic rings. The molecule has 2 saturated carbocycles. The Kier molecular flexibility index (Phi) is 5.57. The summed E-state index contributed by atoms with van der Waals surface area (Å²) >= 11 is 3.30. The molecule has 4 nitrogen and oxygen atoms in total. The van der Waals surface area contributed by atoms with Crippen LogP contribution in [-0.4, -0.2) is 22.2 Å². The molecule has 2 aliphatic carbocycles. The summed E-state index contributed by atoms with van der Waals surface area (Å²) in [6.07, 6.45) is 10.6. The third-order valence-electron chi connectivity index (χ3n) is 6.39. The molecular weight excluding hydrogens is 436 g/mol. The highest BCUT2D eigenvalue weighted by atomic mass is 32.1. The summed E-state index contributed by atoms with van der Waals surface area (Å²) in [5.74, 6) is 1.92. The topological polar surface area (TPSA) is 44.2 Å². The first kappa shape index (κ1) is 20.2. The van der Waals surface area contributed by atoms with Crippen LogP contribution in [0.2, 0.25) is 0 Å². The highest BCUT2D eigenvalue weighted by molar-refractivity contribution is 7.29. The third-order valence-corrected chi connectivity index (χ3v) is 8.51. The number of aromatic nitrogens is 2. The van der Waals surface area contributed by atoms with Gasteiger partial charge in [-0.05, 0) is 99.9 Å². The lowest BCUT2D eigenvalue weighted by Gasteiger charge is -2.13. The predicted octanol–water partition coefficient (Wildman–Crippen LogP) is 7.73. The second-order valence-corrected chi connectivity index (χ2v) is 10.7. The van der Waals surface area contributed by atoms with E-state index in [0.717, 1.165) is 42.3 Å². The third kappa shape index (κ3) is 4.26. The maximum atomic E-state index is 6.08. The molecule has 2 heterocycles.